The maximum absolute atomic E-state index is 11.1. The van der Waals surface area contributed by atoms with E-state index in [-0.39, 0.29) is 17.6 Å². The summed E-state index contributed by atoms with van der Waals surface area (Å²) in [5.74, 6) is 0.0513. The number of piperidine rings is 1. The maximum atomic E-state index is 11.1. The van der Waals surface area contributed by atoms with Gasteiger partial charge in [-0.25, -0.2) is 0 Å². The average Bonchev–Trinajstić information content (AvgIpc) is 2.41. The van der Waals surface area contributed by atoms with Crippen molar-refractivity contribution in [2.45, 2.75) is 25.8 Å². The van der Waals surface area contributed by atoms with Crippen LogP contribution in [0.1, 0.15) is 19.8 Å². The predicted molar refractivity (Wildman–Crippen MR) is 76.9 cm³/mol. The van der Waals surface area contributed by atoms with Crippen LogP contribution in [0.5, 0.6) is 0 Å². The molecule has 7 heteroatoms. The minimum absolute atomic E-state index is 0.0470. The molecule has 3 N–H and O–H groups in total. The zero-order valence-corrected chi connectivity index (χ0v) is 11.3. The first-order chi connectivity index (χ1) is 9.58. The number of benzene rings is 1. The van der Waals surface area contributed by atoms with Crippen molar-refractivity contribution in [3.63, 3.8) is 0 Å². The average molecular weight is 278 g/mol. The third kappa shape index (κ3) is 3.59. The molecule has 20 heavy (non-hydrogen) atoms. The zero-order valence-electron chi connectivity index (χ0n) is 11.3. The summed E-state index contributed by atoms with van der Waals surface area (Å²) in [6.07, 6.45) is 1.21. The molecule has 1 aromatic rings. The number of anilines is 2. The fourth-order valence-electron chi connectivity index (χ4n) is 2.20. The summed E-state index contributed by atoms with van der Waals surface area (Å²) < 4.78 is 0. The highest BCUT2D eigenvalue weighted by Gasteiger charge is 2.18. The molecule has 2 rings (SSSR count). The van der Waals surface area contributed by atoms with Crippen LogP contribution in [0.4, 0.5) is 17.1 Å². The van der Waals surface area contributed by atoms with Crippen LogP contribution in [0.15, 0.2) is 18.2 Å². The molecule has 0 radical (unpaired) electrons. The molecule has 0 saturated carbocycles. The van der Waals surface area contributed by atoms with Crippen molar-refractivity contribution < 1.29 is 9.72 Å². The molecule has 0 bridgehead atoms. The van der Waals surface area contributed by atoms with E-state index in [1.165, 1.54) is 12.1 Å². The van der Waals surface area contributed by atoms with Gasteiger partial charge in [0.15, 0.2) is 0 Å². The normalized spacial score (nSPS) is 18.2. The van der Waals surface area contributed by atoms with Crippen molar-refractivity contribution in [1.29, 1.82) is 0 Å². The number of carbonyl (C=O) groups is 1. The van der Waals surface area contributed by atoms with Crippen LogP contribution < -0.4 is 16.0 Å². The SMILES string of the molecule is CCNc1cc(NC2CCC(=O)NC2)cc([N+](=O)[O-])c1. The largest absolute Gasteiger partial charge is 0.385 e. The second-order valence-corrected chi connectivity index (χ2v) is 4.74. The Morgan fingerprint density at radius 1 is 1.40 bits per heavy atom. The number of nitro groups is 1. The summed E-state index contributed by atoms with van der Waals surface area (Å²) in [6, 6.07) is 4.96. The molecule has 1 aromatic carbocycles. The number of hydrogen-bond donors (Lipinski definition) is 3. The molecule has 1 unspecified atom stereocenters. The Kier molecular flexibility index (Phi) is 4.39. The molecule has 7 nitrogen and oxygen atoms in total. The summed E-state index contributed by atoms with van der Waals surface area (Å²) in [7, 11) is 0. The smallest absolute Gasteiger partial charge is 0.273 e. The lowest BCUT2D eigenvalue weighted by Crippen LogP contribution is -2.41. The molecule has 1 aliphatic rings. The van der Waals surface area contributed by atoms with E-state index >= 15 is 0 Å². The third-order valence-electron chi connectivity index (χ3n) is 3.15. The Labute approximate surface area is 116 Å². The Balaban J connectivity index is 2.13. The van der Waals surface area contributed by atoms with Gasteiger partial charge in [-0.15, -0.1) is 0 Å². The van der Waals surface area contributed by atoms with E-state index in [1.807, 2.05) is 13.0 Å². The van der Waals surface area contributed by atoms with Crippen LogP contribution in [0.3, 0.4) is 0 Å². The molecule has 1 heterocycles. The third-order valence-corrected chi connectivity index (χ3v) is 3.15. The van der Waals surface area contributed by atoms with Crippen LogP contribution in [0.25, 0.3) is 0 Å². The highest BCUT2D eigenvalue weighted by molar-refractivity contribution is 5.77. The fourth-order valence-corrected chi connectivity index (χ4v) is 2.20. The van der Waals surface area contributed by atoms with Crippen molar-refractivity contribution in [2.75, 3.05) is 23.7 Å². The Morgan fingerprint density at radius 3 is 2.75 bits per heavy atom. The number of nitro benzene ring substituents is 1. The van der Waals surface area contributed by atoms with Gasteiger partial charge in [-0.3, -0.25) is 14.9 Å². The number of hydrogen-bond acceptors (Lipinski definition) is 5. The van der Waals surface area contributed by atoms with Gasteiger partial charge in [0.05, 0.1) is 4.92 Å². The highest BCUT2D eigenvalue weighted by Crippen LogP contribution is 2.25. The van der Waals surface area contributed by atoms with Gasteiger partial charge in [-0.1, -0.05) is 0 Å². The molecule has 1 atom stereocenters. The maximum Gasteiger partial charge on any atom is 0.273 e. The van der Waals surface area contributed by atoms with Crippen molar-refractivity contribution >= 4 is 23.0 Å². The van der Waals surface area contributed by atoms with E-state index in [9.17, 15) is 14.9 Å². The van der Waals surface area contributed by atoms with Crippen molar-refractivity contribution in [3.8, 4) is 0 Å². The van der Waals surface area contributed by atoms with Crippen LogP contribution in [-0.4, -0.2) is 30.0 Å². The van der Waals surface area contributed by atoms with Crippen LogP contribution in [0, 0.1) is 10.1 Å². The first kappa shape index (κ1) is 14.1. The molecule has 1 fully saturated rings. The topological polar surface area (TPSA) is 96.3 Å². The van der Waals surface area contributed by atoms with Gasteiger partial charge in [0.25, 0.3) is 5.69 Å². The second-order valence-electron chi connectivity index (χ2n) is 4.74. The fraction of sp³-hybridized carbons (Fsp3) is 0.462. The molecule has 1 amide bonds. The van der Waals surface area contributed by atoms with Crippen LogP contribution in [0.2, 0.25) is 0 Å². The van der Waals surface area contributed by atoms with Gasteiger partial charge in [0, 0.05) is 49.1 Å². The number of non-ortho nitro benzene ring substituents is 1. The first-order valence-electron chi connectivity index (χ1n) is 6.65. The molecule has 108 valence electrons. The predicted octanol–water partition coefficient (Wildman–Crippen LogP) is 1.72. The Hall–Kier alpha value is -2.31. The van der Waals surface area contributed by atoms with E-state index in [1.54, 1.807) is 0 Å². The number of rotatable bonds is 5. The molecule has 1 saturated heterocycles. The van der Waals surface area contributed by atoms with Crippen molar-refractivity contribution in [1.82, 2.24) is 5.32 Å². The van der Waals surface area contributed by atoms with Gasteiger partial charge in [0.1, 0.15) is 0 Å². The zero-order chi connectivity index (χ0) is 14.5. The Morgan fingerprint density at radius 2 is 2.15 bits per heavy atom. The summed E-state index contributed by atoms with van der Waals surface area (Å²) in [5, 5.41) is 20.0. The summed E-state index contributed by atoms with van der Waals surface area (Å²) in [5.41, 5.74) is 1.45. The lowest BCUT2D eigenvalue weighted by Gasteiger charge is -2.24. The molecule has 0 aliphatic carbocycles. The summed E-state index contributed by atoms with van der Waals surface area (Å²) >= 11 is 0. The standard InChI is InChI=1S/C13H18N4O3/c1-2-14-10-5-11(7-12(6-10)17(19)20)16-9-3-4-13(18)15-8-9/h5-7,9,14,16H,2-4,8H2,1H3,(H,15,18). The van der Waals surface area contributed by atoms with Crippen LogP contribution in [-0.2, 0) is 4.79 Å². The second kappa shape index (κ2) is 6.23. The van der Waals surface area contributed by atoms with E-state index in [2.05, 4.69) is 16.0 Å². The lowest BCUT2D eigenvalue weighted by atomic mass is 10.1. The lowest BCUT2D eigenvalue weighted by molar-refractivity contribution is -0.384. The molecule has 0 aromatic heterocycles. The summed E-state index contributed by atoms with van der Waals surface area (Å²) in [4.78, 5) is 21.6. The minimum Gasteiger partial charge on any atom is -0.385 e. The number of carbonyl (C=O) groups excluding carboxylic acids is 1. The number of nitrogens with zero attached hydrogens (tertiary/aromatic N) is 1. The quantitative estimate of drug-likeness (QED) is 0.563. The minimum atomic E-state index is -0.408. The van der Waals surface area contributed by atoms with Gasteiger partial charge in [-0.05, 0) is 19.4 Å². The van der Waals surface area contributed by atoms with Crippen LogP contribution >= 0.6 is 0 Å². The molecular weight excluding hydrogens is 260 g/mol. The van der Waals surface area contributed by atoms with Crippen molar-refractivity contribution in [2.24, 2.45) is 0 Å². The highest BCUT2D eigenvalue weighted by atomic mass is 16.6. The van der Waals surface area contributed by atoms with Gasteiger partial charge in [0.2, 0.25) is 5.91 Å². The van der Waals surface area contributed by atoms with Gasteiger partial charge in [-0.2, -0.15) is 0 Å². The first-order valence-corrected chi connectivity index (χ1v) is 6.65. The monoisotopic (exact) mass is 278 g/mol. The van der Waals surface area contributed by atoms with Gasteiger partial charge >= 0.3 is 0 Å². The van der Waals surface area contributed by atoms with E-state index < -0.39 is 4.92 Å². The number of nitrogens with one attached hydrogen (secondary N) is 3. The van der Waals surface area contributed by atoms with E-state index in [0.717, 1.165) is 6.42 Å². The van der Waals surface area contributed by atoms with E-state index in [4.69, 9.17) is 0 Å². The molecular formula is C13H18N4O3. The number of amides is 1. The van der Waals surface area contributed by atoms with E-state index in [0.29, 0.717) is 30.9 Å². The summed E-state index contributed by atoms with van der Waals surface area (Å²) in [6.45, 7) is 3.17. The van der Waals surface area contributed by atoms with Crippen molar-refractivity contribution in [3.05, 3.63) is 28.3 Å². The van der Waals surface area contributed by atoms with Gasteiger partial charge < -0.3 is 16.0 Å². The molecule has 1 aliphatic heterocycles. The Bertz CT molecular complexity index is 508. The molecule has 0 spiro atoms.